The van der Waals surface area contributed by atoms with Crippen molar-refractivity contribution in [3.05, 3.63) is 27.3 Å². The van der Waals surface area contributed by atoms with Gasteiger partial charge in [-0.1, -0.05) is 13.8 Å². The number of methoxy groups -OCH3 is 1. The van der Waals surface area contributed by atoms with Crippen LogP contribution in [0.2, 0.25) is 0 Å². The van der Waals surface area contributed by atoms with Crippen molar-refractivity contribution in [1.29, 1.82) is 0 Å². The lowest BCUT2D eigenvalue weighted by Crippen LogP contribution is -2.55. The van der Waals surface area contributed by atoms with Crippen molar-refractivity contribution in [1.82, 2.24) is 15.5 Å². The lowest BCUT2D eigenvalue weighted by molar-refractivity contribution is -0.141. The first-order chi connectivity index (χ1) is 16.0. The number of rotatable bonds is 12. The summed E-state index contributed by atoms with van der Waals surface area (Å²) in [6, 6.07) is 2.69. The second-order valence-corrected chi connectivity index (χ2v) is 9.87. The molecule has 0 aliphatic carbocycles. The fourth-order valence-electron chi connectivity index (χ4n) is 3.78. The number of aliphatic hydroxyl groups excluding tert-OH is 1. The predicted molar refractivity (Wildman–Crippen MR) is 132 cm³/mol. The summed E-state index contributed by atoms with van der Waals surface area (Å²) in [5.41, 5.74) is 0.249. The lowest BCUT2D eigenvalue weighted by atomic mass is 10.00. The number of aliphatic carboxylic acids is 1. The van der Waals surface area contributed by atoms with E-state index in [4.69, 9.17) is 4.74 Å². The van der Waals surface area contributed by atoms with Crippen LogP contribution in [0.5, 0.6) is 5.75 Å². The first-order valence-electron chi connectivity index (χ1n) is 11.1. The second-order valence-electron chi connectivity index (χ2n) is 8.63. The number of likely N-dealkylation sites (tertiary alicyclic amines) is 1. The summed E-state index contributed by atoms with van der Waals surface area (Å²) in [6.45, 7) is 4.96. The smallest absolute Gasteiger partial charge is 0.305 e. The van der Waals surface area contributed by atoms with Crippen LogP contribution in [0.25, 0.3) is 0 Å². The summed E-state index contributed by atoms with van der Waals surface area (Å²) in [7, 11) is 1.42. The molecule has 1 aromatic rings. The summed E-state index contributed by atoms with van der Waals surface area (Å²) < 4.78 is 6.01. The Morgan fingerprint density at radius 1 is 1.12 bits per heavy atom. The molecule has 0 bridgehead atoms. The molecule has 1 saturated heterocycles. The van der Waals surface area contributed by atoms with Gasteiger partial charge in [0.1, 0.15) is 11.8 Å². The summed E-state index contributed by atoms with van der Waals surface area (Å²) in [5.74, 6) is -3.18. The maximum absolute atomic E-state index is 13.0. The average molecular weight is 589 g/mol. The molecule has 1 fully saturated rings. The quantitative estimate of drug-likeness (QED) is 0.266. The van der Waals surface area contributed by atoms with Crippen molar-refractivity contribution >= 4 is 46.2 Å². The van der Waals surface area contributed by atoms with Crippen LogP contribution in [0.3, 0.4) is 0 Å². The molecule has 1 heterocycles. The van der Waals surface area contributed by atoms with E-state index >= 15 is 0 Å². The minimum absolute atomic E-state index is 0.0576. The number of benzene rings is 1. The monoisotopic (exact) mass is 589 g/mol. The number of hydrogen-bond acceptors (Lipinski definition) is 7. The number of nitrogens with zero attached hydrogens (tertiary/aromatic N) is 1. The van der Waals surface area contributed by atoms with E-state index in [1.54, 1.807) is 32.0 Å². The van der Waals surface area contributed by atoms with Crippen molar-refractivity contribution in [2.45, 2.75) is 51.3 Å². The van der Waals surface area contributed by atoms with Crippen molar-refractivity contribution in [2.75, 3.05) is 26.7 Å². The fourth-order valence-corrected chi connectivity index (χ4v) is 4.30. The molecule has 0 aromatic heterocycles. The normalized spacial score (nSPS) is 16.5. The van der Waals surface area contributed by atoms with Crippen LogP contribution in [-0.2, 0) is 19.2 Å². The Bertz CT molecular complexity index is 903. The van der Waals surface area contributed by atoms with Gasteiger partial charge in [-0.3, -0.25) is 24.1 Å². The molecule has 0 saturated carbocycles. The maximum Gasteiger partial charge on any atom is 0.305 e. The van der Waals surface area contributed by atoms with Crippen LogP contribution in [0.15, 0.2) is 18.2 Å². The molecule has 11 heteroatoms. The molecule has 1 aliphatic rings. The highest BCUT2D eigenvalue weighted by Crippen LogP contribution is 2.27. The minimum atomic E-state index is -1.59. The zero-order valence-electron chi connectivity index (χ0n) is 19.5. The van der Waals surface area contributed by atoms with Crippen molar-refractivity contribution < 1.29 is 34.1 Å². The molecule has 2 rings (SSSR count). The number of ketones is 1. The van der Waals surface area contributed by atoms with Crippen LogP contribution < -0.4 is 15.4 Å². The van der Waals surface area contributed by atoms with Gasteiger partial charge in [0, 0.05) is 9.13 Å². The number of carbonyl (C=O) groups is 4. The van der Waals surface area contributed by atoms with E-state index < -0.39 is 54.1 Å². The molecule has 2 amide bonds. The van der Waals surface area contributed by atoms with Gasteiger partial charge in [0.25, 0.3) is 5.91 Å². The highest BCUT2D eigenvalue weighted by atomic mass is 127. The van der Waals surface area contributed by atoms with Crippen LogP contribution in [0, 0.1) is 9.49 Å². The van der Waals surface area contributed by atoms with Gasteiger partial charge in [-0.05, 0) is 72.6 Å². The van der Waals surface area contributed by atoms with Crippen LogP contribution in [0.4, 0.5) is 0 Å². The second kappa shape index (κ2) is 13.0. The Morgan fingerprint density at radius 2 is 1.76 bits per heavy atom. The number of Topliss-reactive ketones (excluding diaryl/α,β-unsaturated/α-hetero) is 1. The number of hydrogen-bond donors (Lipinski definition) is 4. The minimum Gasteiger partial charge on any atom is -0.496 e. The van der Waals surface area contributed by atoms with Crippen LogP contribution in [0.1, 0.15) is 44.8 Å². The molecule has 34 heavy (non-hydrogen) atoms. The SMILES string of the molecule is COc1ccc(I)cc1C(O)C(=O)N[C@H](C(=O)NC(CC(=O)O)C(=O)CN1CCCC1)C(C)C. The van der Waals surface area contributed by atoms with Crippen molar-refractivity contribution in [2.24, 2.45) is 5.92 Å². The number of aliphatic hydroxyl groups is 1. The molecule has 2 unspecified atom stereocenters. The standard InChI is InChI=1S/C23H32IN3O7/c1-13(2)20(26-23(33)21(31)15-10-14(24)6-7-18(15)34-3)22(32)25-16(11-19(29)30)17(28)12-27-8-4-5-9-27/h6-7,10,13,16,20-21,31H,4-5,8-9,11-12H2,1-3H3,(H,25,32)(H,26,33)(H,29,30)/t16?,20-,21?/m0/s1. The predicted octanol–water partition coefficient (Wildman–Crippen LogP) is 1.10. The molecule has 4 N–H and O–H groups in total. The Kier molecular flexibility index (Phi) is 10.7. The van der Waals surface area contributed by atoms with Gasteiger partial charge in [0.2, 0.25) is 5.91 Å². The Balaban J connectivity index is 2.13. The topological polar surface area (TPSA) is 145 Å². The summed E-state index contributed by atoms with van der Waals surface area (Å²) in [6.07, 6.45) is -0.207. The highest BCUT2D eigenvalue weighted by molar-refractivity contribution is 14.1. The van der Waals surface area contributed by atoms with E-state index in [2.05, 4.69) is 10.6 Å². The zero-order valence-corrected chi connectivity index (χ0v) is 21.7. The molecule has 0 radical (unpaired) electrons. The first-order valence-corrected chi connectivity index (χ1v) is 12.2. The van der Waals surface area contributed by atoms with Gasteiger partial charge in [-0.25, -0.2) is 0 Å². The third-order valence-corrected chi connectivity index (χ3v) is 6.31. The first kappa shape index (κ1) is 28.0. The molecule has 10 nitrogen and oxygen atoms in total. The molecule has 1 aromatic carbocycles. The van der Waals surface area contributed by atoms with E-state index in [-0.39, 0.29) is 12.1 Å². The fraction of sp³-hybridized carbons (Fsp3) is 0.565. The van der Waals surface area contributed by atoms with E-state index in [1.807, 2.05) is 27.5 Å². The number of amides is 2. The van der Waals surface area contributed by atoms with Crippen LogP contribution in [-0.4, -0.2) is 77.5 Å². The number of nitrogens with one attached hydrogen (secondary N) is 2. The molecule has 188 valence electrons. The van der Waals surface area contributed by atoms with Crippen molar-refractivity contribution in [3.63, 3.8) is 0 Å². The van der Waals surface area contributed by atoms with Gasteiger partial charge < -0.3 is 25.6 Å². The molecule has 3 atom stereocenters. The van der Waals surface area contributed by atoms with E-state index in [9.17, 15) is 29.4 Å². The summed E-state index contributed by atoms with van der Waals surface area (Å²) in [5, 5.41) is 24.9. The average Bonchev–Trinajstić information content (AvgIpc) is 3.28. The van der Waals surface area contributed by atoms with E-state index in [0.29, 0.717) is 5.75 Å². The van der Waals surface area contributed by atoms with Crippen molar-refractivity contribution in [3.8, 4) is 5.75 Å². The molecular weight excluding hydrogens is 557 g/mol. The van der Waals surface area contributed by atoms with Gasteiger partial charge in [0.05, 0.1) is 26.1 Å². The third-order valence-electron chi connectivity index (χ3n) is 5.64. The van der Waals surface area contributed by atoms with E-state index in [0.717, 1.165) is 29.5 Å². The van der Waals surface area contributed by atoms with Gasteiger partial charge in [-0.2, -0.15) is 0 Å². The van der Waals surface area contributed by atoms with Gasteiger partial charge in [0.15, 0.2) is 11.9 Å². The largest absolute Gasteiger partial charge is 0.496 e. The Labute approximate surface area is 212 Å². The number of carbonyl (C=O) groups excluding carboxylic acids is 3. The molecule has 1 aliphatic heterocycles. The van der Waals surface area contributed by atoms with Gasteiger partial charge >= 0.3 is 5.97 Å². The number of ether oxygens (including phenoxy) is 1. The Morgan fingerprint density at radius 3 is 2.32 bits per heavy atom. The number of halogens is 1. The third kappa shape index (κ3) is 7.91. The summed E-state index contributed by atoms with van der Waals surface area (Å²) >= 11 is 2.04. The molecular formula is C23H32IN3O7. The van der Waals surface area contributed by atoms with Gasteiger partial charge in [-0.15, -0.1) is 0 Å². The Hall–Kier alpha value is -2.25. The summed E-state index contributed by atoms with van der Waals surface area (Å²) in [4.78, 5) is 51.8. The van der Waals surface area contributed by atoms with Crippen LogP contribution >= 0.6 is 22.6 Å². The molecule has 0 spiro atoms. The zero-order chi connectivity index (χ0) is 25.4. The lowest BCUT2D eigenvalue weighted by Gasteiger charge is -2.26. The highest BCUT2D eigenvalue weighted by Gasteiger charge is 2.33. The number of carboxylic acid groups (broad SMARTS) is 1. The number of carboxylic acids is 1. The van der Waals surface area contributed by atoms with E-state index in [1.165, 1.54) is 7.11 Å². The maximum atomic E-state index is 13.0.